The van der Waals surface area contributed by atoms with Crippen LogP contribution in [0.25, 0.3) is 0 Å². The molecule has 1 aliphatic carbocycles. The average Bonchev–Trinajstić information content (AvgIpc) is 3.13. The smallest absolute Gasteiger partial charge is 0.257 e. The second-order valence-electron chi connectivity index (χ2n) is 4.59. The molecule has 0 spiro atoms. The summed E-state index contributed by atoms with van der Waals surface area (Å²) in [6, 6.07) is 7.90. The molecule has 19 heavy (non-hydrogen) atoms. The Balaban J connectivity index is 1.84. The van der Waals surface area contributed by atoms with E-state index in [-0.39, 0.29) is 11.1 Å². The second kappa shape index (κ2) is 5.31. The lowest BCUT2D eigenvalue weighted by atomic mass is 10.2. The number of hydrogen-bond acceptors (Lipinski definition) is 3. The van der Waals surface area contributed by atoms with E-state index < -0.39 is 0 Å². The molecular formula is C14H13ClN2OS. The molecule has 3 rings (SSSR count). The van der Waals surface area contributed by atoms with Gasteiger partial charge in [-0.1, -0.05) is 17.7 Å². The van der Waals surface area contributed by atoms with Crippen LogP contribution in [0, 0.1) is 0 Å². The molecule has 2 aromatic heterocycles. The summed E-state index contributed by atoms with van der Waals surface area (Å²) in [7, 11) is 0. The highest BCUT2D eigenvalue weighted by Gasteiger charge is 2.34. The number of aromatic nitrogens is 1. The van der Waals surface area contributed by atoms with E-state index in [1.165, 1.54) is 4.88 Å². The Bertz CT molecular complexity index is 581. The molecule has 1 amide bonds. The summed E-state index contributed by atoms with van der Waals surface area (Å²) in [5.41, 5.74) is 0.493. The predicted octanol–water partition coefficient (Wildman–Crippen LogP) is 3.60. The molecule has 5 heteroatoms. The Hall–Kier alpha value is -1.39. The third-order valence-corrected chi connectivity index (χ3v) is 4.31. The molecular weight excluding hydrogens is 280 g/mol. The van der Waals surface area contributed by atoms with Gasteiger partial charge in [0.15, 0.2) is 0 Å². The van der Waals surface area contributed by atoms with Crippen molar-refractivity contribution < 1.29 is 4.79 Å². The van der Waals surface area contributed by atoms with Crippen LogP contribution < -0.4 is 0 Å². The van der Waals surface area contributed by atoms with Gasteiger partial charge in [0.05, 0.1) is 12.1 Å². The van der Waals surface area contributed by atoms with E-state index in [1.54, 1.807) is 29.7 Å². The maximum Gasteiger partial charge on any atom is 0.257 e. The van der Waals surface area contributed by atoms with Gasteiger partial charge in [0.2, 0.25) is 0 Å². The van der Waals surface area contributed by atoms with Crippen LogP contribution in [0.3, 0.4) is 0 Å². The van der Waals surface area contributed by atoms with Crippen molar-refractivity contribution in [2.75, 3.05) is 0 Å². The van der Waals surface area contributed by atoms with Gasteiger partial charge in [0, 0.05) is 17.1 Å². The molecule has 0 aromatic carbocycles. The van der Waals surface area contributed by atoms with E-state index in [1.807, 2.05) is 16.3 Å². The molecule has 0 N–H and O–H groups in total. The van der Waals surface area contributed by atoms with E-state index in [0.29, 0.717) is 18.2 Å². The first kappa shape index (κ1) is 12.6. The quantitative estimate of drug-likeness (QED) is 0.807. The highest BCUT2D eigenvalue weighted by molar-refractivity contribution is 7.09. The topological polar surface area (TPSA) is 33.2 Å². The molecule has 1 aliphatic rings. The monoisotopic (exact) mass is 292 g/mol. The summed E-state index contributed by atoms with van der Waals surface area (Å²) in [5, 5.41) is 2.31. The zero-order valence-electron chi connectivity index (χ0n) is 10.3. The number of amides is 1. The number of halogens is 1. The van der Waals surface area contributed by atoms with Crippen molar-refractivity contribution in [3.63, 3.8) is 0 Å². The fourth-order valence-corrected chi connectivity index (χ4v) is 2.93. The number of nitrogens with zero attached hydrogens (tertiary/aromatic N) is 2. The second-order valence-corrected chi connectivity index (χ2v) is 5.98. The number of carbonyl (C=O) groups excluding carboxylic acids is 1. The minimum atomic E-state index is -0.0194. The fourth-order valence-electron chi connectivity index (χ4n) is 2.02. The van der Waals surface area contributed by atoms with Crippen LogP contribution in [0.2, 0.25) is 5.15 Å². The van der Waals surface area contributed by atoms with Gasteiger partial charge < -0.3 is 4.90 Å². The summed E-state index contributed by atoms with van der Waals surface area (Å²) in [5.74, 6) is -0.0194. The highest BCUT2D eigenvalue weighted by Crippen LogP contribution is 2.31. The molecule has 2 aromatic rings. The van der Waals surface area contributed by atoms with Gasteiger partial charge in [0.25, 0.3) is 5.91 Å². The van der Waals surface area contributed by atoms with Gasteiger partial charge in [-0.15, -0.1) is 11.3 Å². The first-order valence-corrected chi connectivity index (χ1v) is 7.45. The summed E-state index contributed by atoms with van der Waals surface area (Å²) in [6.07, 6.45) is 3.75. The van der Waals surface area contributed by atoms with Crippen LogP contribution in [-0.4, -0.2) is 21.8 Å². The molecule has 3 nitrogen and oxygen atoms in total. The fraction of sp³-hybridized carbons (Fsp3) is 0.286. The molecule has 0 aliphatic heterocycles. The maximum absolute atomic E-state index is 12.6. The normalized spacial score (nSPS) is 14.4. The number of pyridine rings is 1. The van der Waals surface area contributed by atoms with Crippen molar-refractivity contribution in [2.24, 2.45) is 0 Å². The van der Waals surface area contributed by atoms with Crippen LogP contribution in [0.1, 0.15) is 28.1 Å². The lowest BCUT2D eigenvalue weighted by molar-refractivity contribution is 0.0731. The van der Waals surface area contributed by atoms with E-state index >= 15 is 0 Å². The summed E-state index contributed by atoms with van der Waals surface area (Å²) in [4.78, 5) is 19.7. The zero-order chi connectivity index (χ0) is 13.2. The molecule has 1 fully saturated rings. The van der Waals surface area contributed by atoms with Gasteiger partial charge in [0.1, 0.15) is 5.15 Å². The predicted molar refractivity (Wildman–Crippen MR) is 76.5 cm³/mol. The lowest BCUT2D eigenvalue weighted by Gasteiger charge is -2.22. The SMILES string of the molecule is O=C(c1cccnc1Cl)N(Cc1cccs1)C1CC1. The molecule has 0 bridgehead atoms. The van der Waals surface area contributed by atoms with Crippen LogP contribution in [0.15, 0.2) is 35.8 Å². The average molecular weight is 293 g/mol. The van der Waals surface area contributed by atoms with Gasteiger partial charge in [-0.25, -0.2) is 4.98 Å². The summed E-state index contributed by atoms with van der Waals surface area (Å²) in [6.45, 7) is 0.659. The molecule has 0 saturated heterocycles. The van der Waals surface area contributed by atoms with Crippen molar-refractivity contribution in [3.8, 4) is 0 Å². The molecule has 98 valence electrons. The summed E-state index contributed by atoms with van der Waals surface area (Å²) >= 11 is 7.68. The lowest BCUT2D eigenvalue weighted by Crippen LogP contribution is -2.32. The Labute approximate surface area is 120 Å². The van der Waals surface area contributed by atoms with Crippen molar-refractivity contribution in [1.29, 1.82) is 0 Å². The third-order valence-electron chi connectivity index (χ3n) is 3.14. The van der Waals surface area contributed by atoms with Crippen LogP contribution >= 0.6 is 22.9 Å². The molecule has 0 unspecified atom stereocenters. The minimum Gasteiger partial charge on any atom is -0.330 e. The number of rotatable bonds is 4. The Morgan fingerprint density at radius 3 is 2.89 bits per heavy atom. The Morgan fingerprint density at radius 2 is 2.26 bits per heavy atom. The largest absolute Gasteiger partial charge is 0.330 e. The first-order chi connectivity index (χ1) is 9.25. The van der Waals surface area contributed by atoms with Gasteiger partial charge in [-0.05, 0) is 36.4 Å². The minimum absolute atomic E-state index is 0.0194. The molecule has 1 saturated carbocycles. The molecule has 0 radical (unpaired) electrons. The van der Waals surface area contributed by atoms with E-state index in [9.17, 15) is 4.79 Å². The van der Waals surface area contributed by atoms with E-state index in [2.05, 4.69) is 11.1 Å². The first-order valence-electron chi connectivity index (χ1n) is 6.19. The van der Waals surface area contributed by atoms with Crippen molar-refractivity contribution in [2.45, 2.75) is 25.4 Å². The van der Waals surface area contributed by atoms with E-state index in [0.717, 1.165) is 12.8 Å². The van der Waals surface area contributed by atoms with Gasteiger partial charge in [-0.2, -0.15) is 0 Å². The van der Waals surface area contributed by atoms with Crippen LogP contribution in [-0.2, 0) is 6.54 Å². The van der Waals surface area contributed by atoms with Gasteiger partial charge >= 0.3 is 0 Å². The summed E-state index contributed by atoms with van der Waals surface area (Å²) < 4.78 is 0. The number of hydrogen-bond donors (Lipinski definition) is 0. The van der Waals surface area contributed by atoms with Crippen molar-refractivity contribution >= 4 is 28.8 Å². The standard InChI is InChI=1S/C14H13ClN2OS/c15-13-12(4-1-7-16-13)14(18)17(10-5-6-10)9-11-3-2-8-19-11/h1-4,7-8,10H,5-6,9H2. The molecule has 0 atom stereocenters. The Kier molecular flexibility index (Phi) is 3.53. The van der Waals surface area contributed by atoms with Gasteiger partial charge in [-0.3, -0.25) is 4.79 Å². The van der Waals surface area contributed by atoms with Crippen molar-refractivity contribution in [1.82, 2.24) is 9.88 Å². The zero-order valence-corrected chi connectivity index (χ0v) is 11.8. The number of thiophene rings is 1. The Morgan fingerprint density at radius 1 is 1.42 bits per heavy atom. The highest BCUT2D eigenvalue weighted by atomic mass is 35.5. The third kappa shape index (κ3) is 2.80. The van der Waals surface area contributed by atoms with Crippen LogP contribution in [0.4, 0.5) is 0 Å². The maximum atomic E-state index is 12.6. The van der Waals surface area contributed by atoms with Crippen molar-refractivity contribution in [3.05, 3.63) is 51.4 Å². The molecule has 2 heterocycles. The van der Waals surface area contributed by atoms with Crippen LogP contribution in [0.5, 0.6) is 0 Å². The number of carbonyl (C=O) groups is 1. The van der Waals surface area contributed by atoms with E-state index in [4.69, 9.17) is 11.6 Å².